The standard InChI is InChI=1S/C23H25NO4/c1-3-24-16-22(21(26)27-4-2)15-23(28-19(22)20(24)25,17-11-7-5-8-12-17)18-13-9-6-10-14-18/h5-14,19H,3-4,15-16H2,1-2H3/t19?,22-/m1/s1. The minimum absolute atomic E-state index is 0.135. The van der Waals surface area contributed by atoms with Gasteiger partial charge < -0.3 is 14.4 Å². The maximum atomic E-state index is 13.1. The van der Waals surface area contributed by atoms with E-state index in [2.05, 4.69) is 0 Å². The number of benzene rings is 2. The number of esters is 1. The molecule has 0 spiro atoms. The molecule has 0 aromatic heterocycles. The SMILES string of the molecule is CCOC(=O)[C@]12CN(CC)C(=O)C1OC(c1ccccc1)(c1ccccc1)C2. The van der Waals surface area contributed by atoms with Crippen molar-refractivity contribution < 1.29 is 19.1 Å². The lowest BCUT2D eigenvalue weighted by Crippen LogP contribution is -2.41. The summed E-state index contributed by atoms with van der Waals surface area (Å²) in [6.07, 6.45) is -0.466. The van der Waals surface area contributed by atoms with Gasteiger partial charge in [-0.2, -0.15) is 0 Å². The van der Waals surface area contributed by atoms with Crippen LogP contribution in [0.2, 0.25) is 0 Å². The van der Waals surface area contributed by atoms with Crippen LogP contribution >= 0.6 is 0 Å². The van der Waals surface area contributed by atoms with Crippen LogP contribution in [0, 0.1) is 5.41 Å². The molecule has 2 fully saturated rings. The number of nitrogens with zero attached hydrogens (tertiary/aromatic N) is 1. The summed E-state index contributed by atoms with van der Waals surface area (Å²) in [4.78, 5) is 27.9. The molecule has 1 amide bonds. The minimum Gasteiger partial charge on any atom is -0.465 e. The summed E-state index contributed by atoms with van der Waals surface area (Å²) in [7, 11) is 0. The van der Waals surface area contributed by atoms with Crippen LogP contribution in [0.1, 0.15) is 31.4 Å². The molecule has 4 rings (SSSR count). The van der Waals surface area contributed by atoms with Gasteiger partial charge in [-0.05, 0) is 25.0 Å². The average molecular weight is 379 g/mol. The highest BCUT2D eigenvalue weighted by Crippen LogP contribution is 2.56. The maximum absolute atomic E-state index is 13.1. The number of ether oxygens (including phenoxy) is 2. The van der Waals surface area contributed by atoms with Crippen molar-refractivity contribution in [3.8, 4) is 0 Å². The lowest BCUT2D eigenvalue weighted by atomic mass is 9.73. The summed E-state index contributed by atoms with van der Waals surface area (Å²) in [5.74, 6) is -0.484. The second-order valence-corrected chi connectivity index (χ2v) is 7.46. The Morgan fingerprint density at radius 3 is 2.14 bits per heavy atom. The third-order valence-electron chi connectivity index (χ3n) is 5.94. The zero-order valence-corrected chi connectivity index (χ0v) is 16.3. The Morgan fingerprint density at radius 2 is 1.64 bits per heavy atom. The van der Waals surface area contributed by atoms with E-state index in [1.165, 1.54) is 0 Å². The second-order valence-electron chi connectivity index (χ2n) is 7.46. The molecule has 2 saturated heterocycles. The number of rotatable bonds is 5. The van der Waals surface area contributed by atoms with Crippen molar-refractivity contribution in [1.82, 2.24) is 4.90 Å². The Bertz CT molecular complexity index is 827. The van der Waals surface area contributed by atoms with Gasteiger partial charge in [0, 0.05) is 19.5 Å². The molecule has 5 heteroatoms. The third-order valence-corrected chi connectivity index (χ3v) is 5.94. The molecule has 28 heavy (non-hydrogen) atoms. The first-order valence-electron chi connectivity index (χ1n) is 9.82. The molecule has 2 heterocycles. The molecule has 1 unspecified atom stereocenters. The Hall–Kier alpha value is -2.66. The van der Waals surface area contributed by atoms with Gasteiger partial charge in [-0.25, -0.2) is 0 Å². The summed E-state index contributed by atoms with van der Waals surface area (Å²) in [5.41, 5.74) is 0.00905. The van der Waals surface area contributed by atoms with Crippen LogP contribution in [0.3, 0.4) is 0 Å². The van der Waals surface area contributed by atoms with E-state index in [0.29, 0.717) is 19.5 Å². The van der Waals surface area contributed by atoms with Crippen LogP contribution < -0.4 is 0 Å². The van der Waals surface area contributed by atoms with Crippen LogP contribution in [0.5, 0.6) is 0 Å². The largest absolute Gasteiger partial charge is 0.465 e. The van der Waals surface area contributed by atoms with E-state index in [4.69, 9.17) is 9.47 Å². The van der Waals surface area contributed by atoms with Gasteiger partial charge in [0.15, 0.2) is 6.10 Å². The maximum Gasteiger partial charge on any atom is 0.317 e. The predicted molar refractivity (Wildman–Crippen MR) is 104 cm³/mol. The first-order valence-corrected chi connectivity index (χ1v) is 9.82. The number of hydrogen-bond acceptors (Lipinski definition) is 4. The molecule has 0 bridgehead atoms. The lowest BCUT2D eigenvalue weighted by molar-refractivity contribution is -0.158. The van der Waals surface area contributed by atoms with E-state index < -0.39 is 17.1 Å². The third kappa shape index (κ3) is 2.65. The topological polar surface area (TPSA) is 55.8 Å². The van der Waals surface area contributed by atoms with Gasteiger partial charge in [-0.3, -0.25) is 9.59 Å². The zero-order valence-electron chi connectivity index (χ0n) is 16.3. The second kappa shape index (κ2) is 7.06. The monoisotopic (exact) mass is 379 g/mol. The van der Waals surface area contributed by atoms with Gasteiger partial charge in [-0.15, -0.1) is 0 Å². The molecular formula is C23H25NO4. The fraction of sp³-hybridized carbons (Fsp3) is 0.391. The van der Waals surface area contributed by atoms with Gasteiger partial charge >= 0.3 is 5.97 Å². The van der Waals surface area contributed by atoms with Crippen molar-refractivity contribution in [3.05, 3.63) is 71.8 Å². The molecule has 2 atom stereocenters. The van der Waals surface area contributed by atoms with E-state index in [1.54, 1.807) is 11.8 Å². The summed E-state index contributed by atoms with van der Waals surface area (Å²) < 4.78 is 12.0. The molecule has 146 valence electrons. The van der Waals surface area contributed by atoms with Crippen molar-refractivity contribution in [3.63, 3.8) is 0 Å². The van der Waals surface area contributed by atoms with E-state index in [0.717, 1.165) is 11.1 Å². The Labute approximate surface area is 165 Å². The summed E-state index contributed by atoms with van der Waals surface area (Å²) in [5, 5.41) is 0. The van der Waals surface area contributed by atoms with Crippen molar-refractivity contribution in [2.24, 2.45) is 5.41 Å². The average Bonchev–Trinajstić information content (AvgIpc) is 3.23. The van der Waals surface area contributed by atoms with Crippen LogP contribution in [0.4, 0.5) is 0 Å². The highest BCUT2D eigenvalue weighted by Gasteiger charge is 2.68. The van der Waals surface area contributed by atoms with E-state index in [-0.39, 0.29) is 18.5 Å². The first kappa shape index (κ1) is 18.7. The number of fused-ring (bicyclic) bond motifs is 1. The smallest absolute Gasteiger partial charge is 0.317 e. The molecule has 2 aliphatic rings. The lowest BCUT2D eigenvalue weighted by Gasteiger charge is -2.33. The van der Waals surface area contributed by atoms with Crippen LogP contribution in [0.15, 0.2) is 60.7 Å². The number of hydrogen-bond donors (Lipinski definition) is 0. The molecule has 2 aromatic rings. The minimum atomic E-state index is -1.01. The first-order chi connectivity index (χ1) is 13.6. The summed E-state index contributed by atoms with van der Waals surface area (Å²) in [6.45, 7) is 4.85. The molecule has 0 aliphatic carbocycles. The molecule has 2 aromatic carbocycles. The predicted octanol–water partition coefficient (Wildman–Crippen LogP) is 3.13. The number of carbonyl (C=O) groups is 2. The van der Waals surface area contributed by atoms with Gasteiger partial charge in [-0.1, -0.05) is 60.7 Å². The fourth-order valence-corrected chi connectivity index (χ4v) is 4.61. The van der Waals surface area contributed by atoms with Crippen LogP contribution in [0.25, 0.3) is 0 Å². The van der Waals surface area contributed by atoms with Gasteiger partial charge in [0.1, 0.15) is 11.0 Å². The zero-order chi connectivity index (χ0) is 19.8. The van der Waals surface area contributed by atoms with Crippen LogP contribution in [-0.4, -0.2) is 42.6 Å². The number of amides is 1. The molecular weight excluding hydrogens is 354 g/mol. The van der Waals surface area contributed by atoms with E-state index in [1.807, 2.05) is 67.6 Å². The molecule has 0 N–H and O–H groups in total. The fourth-order valence-electron chi connectivity index (χ4n) is 4.61. The summed E-state index contributed by atoms with van der Waals surface area (Å²) in [6, 6.07) is 19.7. The number of carbonyl (C=O) groups excluding carboxylic acids is 2. The Kier molecular flexibility index (Phi) is 4.71. The van der Waals surface area contributed by atoms with Crippen molar-refractivity contribution >= 4 is 11.9 Å². The molecule has 0 radical (unpaired) electrons. The Balaban J connectivity index is 1.87. The van der Waals surface area contributed by atoms with Crippen LogP contribution in [-0.2, 0) is 24.7 Å². The van der Waals surface area contributed by atoms with E-state index in [9.17, 15) is 9.59 Å². The summed E-state index contributed by atoms with van der Waals surface area (Å²) >= 11 is 0. The molecule has 2 aliphatic heterocycles. The van der Waals surface area contributed by atoms with E-state index >= 15 is 0 Å². The highest BCUT2D eigenvalue weighted by atomic mass is 16.6. The van der Waals surface area contributed by atoms with Crippen molar-refractivity contribution in [1.29, 1.82) is 0 Å². The highest BCUT2D eigenvalue weighted by molar-refractivity contribution is 5.95. The van der Waals surface area contributed by atoms with Gasteiger partial charge in [0.2, 0.25) is 0 Å². The van der Waals surface area contributed by atoms with Gasteiger partial charge in [0.25, 0.3) is 5.91 Å². The van der Waals surface area contributed by atoms with Crippen molar-refractivity contribution in [2.45, 2.75) is 32.0 Å². The molecule has 0 saturated carbocycles. The molecule has 5 nitrogen and oxygen atoms in total. The number of likely N-dealkylation sites (tertiary alicyclic amines) is 1. The Morgan fingerprint density at radius 1 is 1.07 bits per heavy atom. The normalized spacial score (nSPS) is 25.6. The quantitative estimate of drug-likeness (QED) is 0.749. The number of likely N-dealkylation sites (N-methyl/N-ethyl adjacent to an activating group) is 1. The van der Waals surface area contributed by atoms with Gasteiger partial charge in [0.05, 0.1) is 6.61 Å². The van der Waals surface area contributed by atoms with Crippen molar-refractivity contribution in [2.75, 3.05) is 19.7 Å².